The van der Waals surface area contributed by atoms with Crippen LogP contribution in [0.2, 0.25) is 0 Å². The maximum Gasteiger partial charge on any atom is 0.246 e. The van der Waals surface area contributed by atoms with Gasteiger partial charge in [-0.15, -0.1) is 0 Å². The minimum atomic E-state index is -0.481. The molecule has 2 aliphatic rings. The Morgan fingerprint density at radius 2 is 1.73 bits per heavy atom. The van der Waals surface area contributed by atoms with Crippen LogP contribution in [0.4, 0.5) is 0 Å². The Hall–Kier alpha value is -2.95. The number of primary amides is 1. The summed E-state index contributed by atoms with van der Waals surface area (Å²) in [6, 6.07) is 9.96. The molecule has 2 atom stereocenters. The van der Waals surface area contributed by atoms with Gasteiger partial charge in [-0.3, -0.25) is 14.4 Å². The molecule has 0 saturated heterocycles. The highest BCUT2D eigenvalue weighted by atomic mass is 16.2. The first-order chi connectivity index (χ1) is 13.9. The third-order valence-corrected chi connectivity index (χ3v) is 7.14. The molecule has 2 saturated carbocycles. The Balaban J connectivity index is 0.000000575. The first-order valence-corrected chi connectivity index (χ1v) is 10.1. The van der Waals surface area contributed by atoms with Crippen molar-refractivity contribution in [2.24, 2.45) is 22.0 Å². The molecule has 0 aromatic heterocycles. The number of hydrogen-bond donors (Lipinski definition) is 2. The van der Waals surface area contributed by atoms with Gasteiger partial charge in [0.15, 0.2) is 5.78 Å². The second-order valence-electron chi connectivity index (χ2n) is 8.91. The summed E-state index contributed by atoms with van der Waals surface area (Å²) in [5, 5.41) is 3.02. The standard InChI is InChI=1S/C22H27NO2.C3H5NO/c1-15(2)19(25)23-14-22-12-11-21(5,20(22,3)4)18(24)17(22)13-16-9-7-6-8-10-16;1-2-3(4)5/h6-10,13H,1,11-12,14H2,2-5H3,(H,23,25);2H,1H2,(H2,4,5). The molecule has 160 valence electrons. The predicted octanol–water partition coefficient (Wildman–Crippen LogP) is 3.82. The summed E-state index contributed by atoms with van der Waals surface area (Å²) >= 11 is 0. The number of fused-ring (bicyclic) bond motifs is 2. The summed E-state index contributed by atoms with van der Waals surface area (Å²) in [4.78, 5) is 34.9. The molecule has 0 heterocycles. The number of Topliss-reactive ketones (excluding diaryl/α,β-unsaturated/α-hetero) is 1. The van der Waals surface area contributed by atoms with Gasteiger partial charge >= 0.3 is 0 Å². The van der Waals surface area contributed by atoms with E-state index in [9.17, 15) is 14.4 Å². The molecular formula is C25H32N2O3. The summed E-state index contributed by atoms with van der Waals surface area (Å²) in [6.07, 6.45) is 4.87. The van der Waals surface area contributed by atoms with Crippen molar-refractivity contribution in [1.29, 1.82) is 0 Å². The maximum absolute atomic E-state index is 13.3. The molecule has 5 nitrogen and oxygen atoms in total. The van der Waals surface area contributed by atoms with Crippen LogP contribution in [0.5, 0.6) is 0 Å². The Morgan fingerprint density at radius 1 is 1.17 bits per heavy atom. The Labute approximate surface area is 179 Å². The highest BCUT2D eigenvalue weighted by Crippen LogP contribution is 2.72. The number of carbonyl (C=O) groups is 3. The summed E-state index contributed by atoms with van der Waals surface area (Å²) in [5.74, 6) is -0.389. The molecule has 2 bridgehead atoms. The number of nitrogens with one attached hydrogen (secondary N) is 1. The van der Waals surface area contributed by atoms with Crippen LogP contribution in [0.3, 0.4) is 0 Å². The highest BCUT2D eigenvalue weighted by Gasteiger charge is 2.71. The molecule has 0 aliphatic heterocycles. The molecule has 1 aromatic rings. The van der Waals surface area contributed by atoms with E-state index >= 15 is 0 Å². The van der Waals surface area contributed by atoms with E-state index in [-0.39, 0.29) is 27.9 Å². The minimum absolute atomic E-state index is 0.141. The first kappa shape index (κ1) is 23.3. The largest absolute Gasteiger partial charge is 0.366 e. The number of carbonyl (C=O) groups excluding carboxylic acids is 3. The highest BCUT2D eigenvalue weighted by molar-refractivity contribution is 6.09. The third kappa shape index (κ3) is 3.76. The lowest BCUT2D eigenvalue weighted by Crippen LogP contribution is -2.44. The zero-order chi connectivity index (χ0) is 22.7. The van der Waals surface area contributed by atoms with Gasteiger partial charge in [-0.25, -0.2) is 0 Å². The SMILES string of the molecule is C=C(C)C(=O)NCC12CCC(C)(C(=O)C1=Cc1ccccc1)C2(C)C.C=CC(N)=O. The molecular weight excluding hydrogens is 376 g/mol. The molecule has 3 N–H and O–H groups in total. The fourth-order valence-corrected chi connectivity index (χ4v) is 4.71. The topological polar surface area (TPSA) is 89.3 Å². The number of hydrogen-bond acceptors (Lipinski definition) is 3. The monoisotopic (exact) mass is 408 g/mol. The van der Waals surface area contributed by atoms with Gasteiger partial charge in [0.25, 0.3) is 0 Å². The summed E-state index contributed by atoms with van der Waals surface area (Å²) in [5.41, 5.74) is 6.00. The van der Waals surface area contributed by atoms with Crippen LogP contribution in [-0.2, 0) is 14.4 Å². The lowest BCUT2D eigenvalue weighted by molar-refractivity contribution is -0.125. The van der Waals surface area contributed by atoms with Crippen LogP contribution in [0.15, 0.2) is 60.7 Å². The average molecular weight is 409 g/mol. The Kier molecular flexibility index (Phi) is 6.55. The molecule has 0 spiro atoms. The second-order valence-corrected chi connectivity index (χ2v) is 8.91. The van der Waals surface area contributed by atoms with Gasteiger partial charge in [0, 0.05) is 28.5 Å². The number of benzene rings is 1. The van der Waals surface area contributed by atoms with Crippen LogP contribution in [0, 0.1) is 16.2 Å². The van der Waals surface area contributed by atoms with E-state index in [2.05, 4.69) is 45.0 Å². The zero-order valence-corrected chi connectivity index (χ0v) is 18.4. The number of amides is 2. The van der Waals surface area contributed by atoms with E-state index in [1.54, 1.807) is 6.92 Å². The van der Waals surface area contributed by atoms with Crippen LogP contribution >= 0.6 is 0 Å². The van der Waals surface area contributed by atoms with E-state index in [1.807, 2.05) is 36.4 Å². The Morgan fingerprint density at radius 3 is 2.23 bits per heavy atom. The molecule has 30 heavy (non-hydrogen) atoms. The van der Waals surface area contributed by atoms with Crippen molar-refractivity contribution in [3.63, 3.8) is 0 Å². The fourth-order valence-electron chi connectivity index (χ4n) is 4.71. The normalized spacial score (nSPS) is 27.2. The third-order valence-electron chi connectivity index (χ3n) is 7.14. The number of ketones is 1. The van der Waals surface area contributed by atoms with Gasteiger partial charge in [-0.05, 0) is 42.9 Å². The molecule has 0 radical (unpaired) electrons. The van der Waals surface area contributed by atoms with Gasteiger partial charge in [0.1, 0.15) is 0 Å². The van der Waals surface area contributed by atoms with Crippen molar-refractivity contribution in [1.82, 2.24) is 5.32 Å². The molecule has 1 aromatic carbocycles. The summed E-state index contributed by atoms with van der Waals surface area (Å²) < 4.78 is 0. The molecule has 3 rings (SSSR count). The molecule has 5 heteroatoms. The maximum atomic E-state index is 13.3. The molecule has 2 amide bonds. The molecule has 2 aliphatic carbocycles. The van der Waals surface area contributed by atoms with Crippen molar-refractivity contribution >= 4 is 23.7 Å². The molecule has 2 fully saturated rings. The smallest absolute Gasteiger partial charge is 0.246 e. The quantitative estimate of drug-likeness (QED) is 0.726. The summed E-state index contributed by atoms with van der Waals surface area (Å²) in [6.45, 7) is 15.4. The molecule has 2 unspecified atom stereocenters. The van der Waals surface area contributed by atoms with E-state index in [1.165, 1.54) is 0 Å². The number of nitrogens with two attached hydrogens (primary N) is 1. The minimum Gasteiger partial charge on any atom is -0.366 e. The van der Waals surface area contributed by atoms with Gasteiger partial charge in [0.05, 0.1) is 0 Å². The van der Waals surface area contributed by atoms with Crippen LogP contribution in [0.25, 0.3) is 6.08 Å². The first-order valence-electron chi connectivity index (χ1n) is 10.1. The van der Waals surface area contributed by atoms with Crippen LogP contribution in [0.1, 0.15) is 46.1 Å². The van der Waals surface area contributed by atoms with Crippen LogP contribution in [-0.4, -0.2) is 24.1 Å². The van der Waals surface area contributed by atoms with Gasteiger partial charge in [-0.2, -0.15) is 0 Å². The zero-order valence-electron chi connectivity index (χ0n) is 18.4. The number of rotatable bonds is 5. The van der Waals surface area contributed by atoms with Crippen molar-refractivity contribution < 1.29 is 14.4 Å². The van der Waals surface area contributed by atoms with Crippen LogP contribution < -0.4 is 11.1 Å². The Bertz CT molecular complexity index is 914. The lowest BCUT2D eigenvalue weighted by atomic mass is 9.64. The van der Waals surface area contributed by atoms with Gasteiger partial charge in [-0.1, -0.05) is 64.3 Å². The van der Waals surface area contributed by atoms with E-state index in [0.29, 0.717) is 12.1 Å². The van der Waals surface area contributed by atoms with E-state index in [0.717, 1.165) is 30.1 Å². The van der Waals surface area contributed by atoms with Crippen molar-refractivity contribution in [2.75, 3.05) is 6.54 Å². The lowest BCUT2D eigenvalue weighted by Gasteiger charge is -2.40. The van der Waals surface area contributed by atoms with Crippen molar-refractivity contribution in [3.8, 4) is 0 Å². The summed E-state index contributed by atoms with van der Waals surface area (Å²) in [7, 11) is 0. The van der Waals surface area contributed by atoms with Gasteiger partial charge < -0.3 is 11.1 Å². The van der Waals surface area contributed by atoms with Crippen molar-refractivity contribution in [3.05, 3.63) is 66.3 Å². The van der Waals surface area contributed by atoms with Gasteiger partial charge in [0.2, 0.25) is 11.8 Å². The van der Waals surface area contributed by atoms with Crippen molar-refractivity contribution in [2.45, 2.75) is 40.5 Å². The average Bonchev–Trinajstić information content (AvgIpc) is 2.97. The fraction of sp³-hybridized carbons (Fsp3) is 0.400. The second kappa shape index (κ2) is 8.42. The van der Waals surface area contributed by atoms with E-state index in [4.69, 9.17) is 0 Å². The van der Waals surface area contributed by atoms with E-state index < -0.39 is 5.91 Å². The predicted molar refractivity (Wildman–Crippen MR) is 120 cm³/mol.